The number of halogens is 1. The highest BCUT2D eigenvalue weighted by Gasteiger charge is 2.06. The monoisotopic (exact) mass is 220 g/mol. The van der Waals surface area contributed by atoms with Crippen molar-refractivity contribution < 1.29 is 0 Å². The first-order chi connectivity index (χ1) is 7.09. The van der Waals surface area contributed by atoms with E-state index in [1.54, 1.807) is 0 Å². The molecule has 0 aliphatic carbocycles. The van der Waals surface area contributed by atoms with Crippen LogP contribution < -0.4 is 10.6 Å². The Morgan fingerprint density at radius 3 is 2.53 bits per heavy atom. The third kappa shape index (κ3) is 1.73. The summed E-state index contributed by atoms with van der Waals surface area (Å²) in [7, 11) is 3.99. The average molecular weight is 221 g/mol. The maximum Gasteiger partial charge on any atom is 0.0456 e. The van der Waals surface area contributed by atoms with E-state index >= 15 is 0 Å². The number of nitrogens with zero attached hydrogens (tertiary/aromatic N) is 1. The van der Waals surface area contributed by atoms with Gasteiger partial charge in [-0.05, 0) is 18.2 Å². The van der Waals surface area contributed by atoms with Crippen LogP contribution in [0.3, 0.4) is 0 Å². The van der Waals surface area contributed by atoms with Gasteiger partial charge >= 0.3 is 0 Å². The van der Waals surface area contributed by atoms with Crippen LogP contribution in [0.1, 0.15) is 0 Å². The molecule has 0 heterocycles. The standard InChI is InChI=1S/C12H13ClN2/c1-15(2)12-7-8(13)6-10-9(12)4-3-5-11(10)14/h3-7H,14H2,1-2H3. The van der Waals surface area contributed by atoms with Gasteiger partial charge < -0.3 is 10.6 Å². The molecule has 2 aromatic rings. The van der Waals surface area contributed by atoms with Crippen LogP contribution in [-0.2, 0) is 0 Å². The summed E-state index contributed by atoms with van der Waals surface area (Å²) in [6.45, 7) is 0. The topological polar surface area (TPSA) is 29.3 Å². The number of nitrogens with two attached hydrogens (primary N) is 1. The van der Waals surface area contributed by atoms with E-state index in [0.29, 0.717) is 5.02 Å². The van der Waals surface area contributed by atoms with Crippen molar-refractivity contribution in [3.63, 3.8) is 0 Å². The molecule has 0 fully saturated rings. The molecule has 0 aliphatic rings. The van der Waals surface area contributed by atoms with Gasteiger partial charge in [0.2, 0.25) is 0 Å². The van der Waals surface area contributed by atoms with Crippen LogP contribution in [0.25, 0.3) is 10.8 Å². The maximum atomic E-state index is 6.06. The highest BCUT2D eigenvalue weighted by molar-refractivity contribution is 6.32. The minimum atomic E-state index is 0.712. The van der Waals surface area contributed by atoms with Gasteiger partial charge in [0.15, 0.2) is 0 Å². The van der Waals surface area contributed by atoms with Crippen LogP contribution in [0.15, 0.2) is 30.3 Å². The SMILES string of the molecule is CN(C)c1cc(Cl)cc2c(N)cccc12. The summed E-state index contributed by atoms with van der Waals surface area (Å²) in [6.07, 6.45) is 0. The minimum absolute atomic E-state index is 0.712. The molecule has 0 unspecified atom stereocenters. The van der Waals surface area contributed by atoms with Gasteiger partial charge in [-0.25, -0.2) is 0 Å². The largest absolute Gasteiger partial charge is 0.398 e. The average Bonchev–Trinajstić information content (AvgIpc) is 2.18. The molecule has 0 aliphatic heterocycles. The minimum Gasteiger partial charge on any atom is -0.398 e. The van der Waals surface area contributed by atoms with E-state index in [1.807, 2.05) is 43.3 Å². The Morgan fingerprint density at radius 1 is 1.13 bits per heavy atom. The molecule has 0 aromatic heterocycles. The lowest BCUT2D eigenvalue weighted by Crippen LogP contribution is -2.09. The maximum absolute atomic E-state index is 6.06. The van der Waals surface area contributed by atoms with Crippen molar-refractivity contribution in [2.24, 2.45) is 0 Å². The first-order valence-corrected chi connectivity index (χ1v) is 5.12. The molecule has 0 radical (unpaired) electrons. The second-order valence-corrected chi connectivity index (χ2v) is 4.20. The molecule has 2 aromatic carbocycles. The predicted octanol–water partition coefficient (Wildman–Crippen LogP) is 3.14. The van der Waals surface area contributed by atoms with Gasteiger partial charge in [-0.3, -0.25) is 0 Å². The van der Waals surface area contributed by atoms with Crippen LogP contribution in [0, 0.1) is 0 Å². The van der Waals surface area contributed by atoms with Crippen molar-refractivity contribution in [2.75, 3.05) is 24.7 Å². The fourth-order valence-corrected chi connectivity index (χ4v) is 1.94. The summed E-state index contributed by atoms with van der Waals surface area (Å²) in [6, 6.07) is 9.75. The van der Waals surface area contributed by atoms with E-state index in [2.05, 4.69) is 6.07 Å². The van der Waals surface area contributed by atoms with Crippen molar-refractivity contribution in [2.45, 2.75) is 0 Å². The van der Waals surface area contributed by atoms with Crippen LogP contribution >= 0.6 is 11.6 Å². The number of hydrogen-bond acceptors (Lipinski definition) is 2. The van der Waals surface area contributed by atoms with Gasteiger partial charge in [-0.1, -0.05) is 23.7 Å². The Bertz CT molecular complexity index is 506. The summed E-state index contributed by atoms with van der Waals surface area (Å²) in [5.41, 5.74) is 7.77. The van der Waals surface area contributed by atoms with E-state index in [-0.39, 0.29) is 0 Å². The lowest BCUT2D eigenvalue weighted by molar-refractivity contribution is 1.14. The number of nitrogen functional groups attached to an aromatic ring is 1. The molecule has 3 heteroatoms. The number of fused-ring (bicyclic) bond motifs is 1. The van der Waals surface area contributed by atoms with Crippen LogP contribution in [-0.4, -0.2) is 14.1 Å². The van der Waals surface area contributed by atoms with Crippen molar-refractivity contribution in [1.82, 2.24) is 0 Å². The van der Waals surface area contributed by atoms with E-state index in [0.717, 1.165) is 22.1 Å². The summed E-state index contributed by atoms with van der Waals surface area (Å²) in [5.74, 6) is 0. The van der Waals surface area contributed by atoms with Crippen molar-refractivity contribution in [1.29, 1.82) is 0 Å². The fraction of sp³-hybridized carbons (Fsp3) is 0.167. The highest BCUT2D eigenvalue weighted by Crippen LogP contribution is 2.32. The van der Waals surface area contributed by atoms with Crippen LogP contribution in [0.4, 0.5) is 11.4 Å². The van der Waals surface area contributed by atoms with Gasteiger partial charge in [0.05, 0.1) is 0 Å². The quantitative estimate of drug-likeness (QED) is 0.749. The zero-order chi connectivity index (χ0) is 11.0. The van der Waals surface area contributed by atoms with Gasteiger partial charge in [-0.2, -0.15) is 0 Å². The Morgan fingerprint density at radius 2 is 1.87 bits per heavy atom. The number of benzene rings is 2. The Labute approximate surface area is 94.2 Å². The Balaban J connectivity index is 2.86. The lowest BCUT2D eigenvalue weighted by Gasteiger charge is -2.16. The molecule has 0 saturated heterocycles. The zero-order valence-electron chi connectivity index (χ0n) is 8.79. The summed E-state index contributed by atoms with van der Waals surface area (Å²) in [5, 5.41) is 2.85. The van der Waals surface area contributed by atoms with Crippen molar-refractivity contribution in [3.8, 4) is 0 Å². The second-order valence-electron chi connectivity index (χ2n) is 3.76. The molecule has 15 heavy (non-hydrogen) atoms. The molecule has 0 amide bonds. The Hall–Kier alpha value is -1.41. The van der Waals surface area contributed by atoms with Crippen molar-refractivity contribution in [3.05, 3.63) is 35.4 Å². The van der Waals surface area contributed by atoms with Gasteiger partial charge in [0.1, 0.15) is 0 Å². The molecule has 2 nitrogen and oxygen atoms in total. The molecule has 0 atom stereocenters. The summed E-state index contributed by atoms with van der Waals surface area (Å²) < 4.78 is 0. The number of hydrogen-bond donors (Lipinski definition) is 1. The third-order valence-corrected chi connectivity index (χ3v) is 2.67. The number of rotatable bonds is 1. The third-order valence-electron chi connectivity index (χ3n) is 2.45. The predicted molar refractivity (Wildman–Crippen MR) is 67.7 cm³/mol. The molecule has 0 spiro atoms. The van der Waals surface area contributed by atoms with E-state index < -0.39 is 0 Å². The van der Waals surface area contributed by atoms with Crippen molar-refractivity contribution >= 4 is 33.7 Å². The highest BCUT2D eigenvalue weighted by atomic mass is 35.5. The molecule has 2 N–H and O–H groups in total. The van der Waals surface area contributed by atoms with Gasteiger partial charge in [0, 0.05) is 41.3 Å². The molecular formula is C12H13ClN2. The zero-order valence-corrected chi connectivity index (χ0v) is 9.55. The molecule has 78 valence electrons. The molecule has 0 saturated carbocycles. The lowest BCUT2D eigenvalue weighted by atomic mass is 10.1. The van der Waals surface area contributed by atoms with Crippen LogP contribution in [0.5, 0.6) is 0 Å². The first-order valence-electron chi connectivity index (χ1n) is 4.74. The van der Waals surface area contributed by atoms with Crippen LogP contribution in [0.2, 0.25) is 5.02 Å². The first kappa shape index (κ1) is 10.1. The fourth-order valence-electron chi connectivity index (χ4n) is 1.73. The molecular weight excluding hydrogens is 208 g/mol. The van der Waals surface area contributed by atoms with E-state index in [9.17, 15) is 0 Å². The second kappa shape index (κ2) is 3.63. The van der Waals surface area contributed by atoms with E-state index in [1.165, 1.54) is 0 Å². The number of anilines is 2. The van der Waals surface area contributed by atoms with Gasteiger partial charge in [0.25, 0.3) is 0 Å². The van der Waals surface area contributed by atoms with Gasteiger partial charge in [-0.15, -0.1) is 0 Å². The molecule has 2 rings (SSSR count). The molecule has 0 bridgehead atoms. The van der Waals surface area contributed by atoms with E-state index in [4.69, 9.17) is 17.3 Å². The summed E-state index contributed by atoms with van der Waals surface area (Å²) in [4.78, 5) is 2.04. The summed E-state index contributed by atoms with van der Waals surface area (Å²) >= 11 is 6.06. The smallest absolute Gasteiger partial charge is 0.0456 e. The Kier molecular flexibility index (Phi) is 2.45. The normalized spacial score (nSPS) is 10.6.